The van der Waals surface area contributed by atoms with E-state index >= 15 is 0 Å². The molecule has 2 aromatic rings. The average molecular weight is 325 g/mol. The Morgan fingerprint density at radius 2 is 1.54 bits per heavy atom. The van der Waals surface area contributed by atoms with Crippen molar-refractivity contribution in [3.8, 4) is 0 Å². The van der Waals surface area contributed by atoms with Gasteiger partial charge in [0, 0.05) is 30.9 Å². The van der Waals surface area contributed by atoms with Gasteiger partial charge >= 0.3 is 0 Å². The second-order valence-electron chi connectivity index (χ2n) is 5.25. The van der Waals surface area contributed by atoms with Crippen molar-refractivity contribution in [3.05, 3.63) is 54.6 Å². The zero-order valence-corrected chi connectivity index (χ0v) is 13.6. The highest BCUT2D eigenvalue weighted by atomic mass is 16.2. The van der Waals surface area contributed by atoms with Crippen LogP contribution >= 0.6 is 0 Å². The molecule has 0 bridgehead atoms. The normalized spacial score (nSPS) is 9.92. The summed E-state index contributed by atoms with van der Waals surface area (Å²) in [6, 6.07) is 15.8. The fourth-order valence-corrected chi connectivity index (χ4v) is 2.20. The molecule has 24 heavy (non-hydrogen) atoms. The standard InChI is InChI=1S/C18H19N3O3/c1-13(22)19-16-9-6-10-17(11-16)21(14(2)23)12-18(24)20-15-7-4-3-5-8-15/h3-11H,12H2,1-2H3,(H,19,22)(H,20,24). The van der Waals surface area contributed by atoms with Gasteiger partial charge in [0.25, 0.3) is 0 Å². The number of hydrogen-bond acceptors (Lipinski definition) is 3. The number of carbonyl (C=O) groups excluding carboxylic acids is 3. The van der Waals surface area contributed by atoms with Crippen LogP contribution < -0.4 is 15.5 Å². The van der Waals surface area contributed by atoms with Crippen molar-refractivity contribution in [2.45, 2.75) is 13.8 Å². The van der Waals surface area contributed by atoms with Gasteiger partial charge in [-0.2, -0.15) is 0 Å². The molecular weight excluding hydrogens is 306 g/mol. The summed E-state index contributed by atoms with van der Waals surface area (Å²) in [4.78, 5) is 36.6. The fourth-order valence-electron chi connectivity index (χ4n) is 2.20. The highest BCUT2D eigenvalue weighted by Gasteiger charge is 2.16. The van der Waals surface area contributed by atoms with Gasteiger partial charge in [0.05, 0.1) is 0 Å². The number of anilines is 3. The van der Waals surface area contributed by atoms with Crippen LogP contribution in [0.4, 0.5) is 17.1 Å². The topological polar surface area (TPSA) is 78.5 Å². The molecule has 6 heteroatoms. The summed E-state index contributed by atoms with van der Waals surface area (Å²) in [7, 11) is 0. The Hall–Kier alpha value is -3.15. The Balaban J connectivity index is 2.13. The van der Waals surface area contributed by atoms with Crippen LogP contribution in [-0.4, -0.2) is 24.3 Å². The Morgan fingerprint density at radius 1 is 0.875 bits per heavy atom. The summed E-state index contributed by atoms with van der Waals surface area (Å²) in [6.45, 7) is 2.68. The van der Waals surface area contributed by atoms with Crippen LogP contribution in [0.15, 0.2) is 54.6 Å². The third kappa shape index (κ3) is 4.95. The first-order valence-electron chi connectivity index (χ1n) is 7.46. The van der Waals surface area contributed by atoms with E-state index in [2.05, 4.69) is 10.6 Å². The molecule has 3 amide bonds. The van der Waals surface area contributed by atoms with Crippen molar-refractivity contribution in [2.24, 2.45) is 0 Å². The lowest BCUT2D eigenvalue weighted by atomic mass is 10.2. The first-order valence-corrected chi connectivity index (χ1v) is 7.46. The highest BCUT2D eigenvalue weighted by molar-refractivity contribution is 6.02. The molecule has 0 aliphatic heterocycles. The highest BCUT2D eigenvalue weighted by Crippen LogP contribution is 2.20. The molecule has 2 aromatic carbocycles. The van der Waals surface area contributed by atoms with Crippen molar-refractivity contribution in [3.63, 3.8) is 0 Å². The Kier molecular flexibility index (Phi) is 5.68. The maximum Gasteiger partial charge on any atom is 0.244 e. The predicted octanol–water partition coefficient (Wildman–Crippen LogP) is 2.64. The third-order valence-electron chi connectivity index (χ3n) is 3.22. The van der Waals surface area contributed by atoms with Crippen LogP contribution in [-0.2, 0) is 14.4 Å². The number of nitrogens with one attached hydrogen (secondary N) is 2. The minimum absolute atomic E-state index is 0.117. The largest absolute Gasteiger partial charge is 0.326 e. The van der Waals surface area contributed by atoms with E-state index in [-0.39, 0.29) is 24.3 Å². The minimum Gasteiger partial charge on any atom is -0.326 e. The van der Waals surface area contributed by atoms with Crippen molar-refractivity contribution in [1.82, 2.24) is 0 Å². The molecule has 0 radical (unpaired) electrons. The fraction of sp³-hybridized carbons (Fsp3) is 0.167. The van der Waals surface area contributed by atoms with Crippen LogP contribution in [0.5, 0.6) is 0 Å². The molecular formula is C18H19N3O3. The van der Waals surface area contributed by atoms with Gasteiger partial charge < -0.3 is 15.5 Å². The number of hydrogen-bond donors (Lipinski definition) is 2. The number of benzene rings is 2. The van der Waals surface area contributed by atoms with E-state index in [0.717, 1.165) is 0 Å². The molecule has 0 aliphatic carbocycles. The average Bonchev–Trinajstić information content (AvgIpc) is 2.53. The quantitative estimate of drug-likeness (QED) is 0.887. The second kappa shape index (κ2) is 7.92. The van der Waals surface area contributed by atoms with Crippen LogP contribution in [0.3, 0.4) is 0 Å². The van der Waals surface area contributed by atoms with Gasteiger partial charge in [0.2, 0.25) is 17.7 Å². The summed E-state index contributed by atoms with van der Waals surface area (Å²) in [5, 5.41) is 5.40. The van der Waals surface area contributed by atoms with Crippen molar-refractivity contribution < 1.29 is 14.4 Å². The van der Waals surface area contributed by atoms with Gasteiger partial charge in [0.1, 0.15) is 6.54 Å². The summed E-state index contributed by atoms with van der Waals surface area (Å²) in [5.74, 6) is -0.775. The maximum atomic E-state index is 12.2. The Labute approximate surface area is 140 Å². The first-order chi connectivity index (χ1) is 11.5. The molecule has 2 N–H and O–H groups in total. The van der Waals surface area contributed by atoms with Gasteiger partial charge in [-0.3, -0.25) is 14.4 Å². The molecule has 0 fully saturated rings. The molecule has 0 saturated heterocycles. The number of para-hydroxylation sites is 1. The van der Waals surface area contributed by atoms with Crippen LogP contribution in [0.2, 0.25) is 0 Å². The molecule has 0 heterocycles. The van der Waals surface area contributed by atoms with Crippen molar-refractivity contribution >= 4 is 34.8 Å². The molecule has 0 unspecified atom stereocenters. The van der Waals surface area contributed by atoms with E-state index in [4.69, 9.17) is 0 Å². The number of carbonyl (C=O) groups is 3. The molecule has 0 aliphatic rings. The lowest BCUT2D eigenvalue weighted by Gasteiger charge is -2.21. The van der Waals surface area contributed by atoms with E-state index in [1.54, 1.807) is 36.4 Å². The summed E-state index contributed by atoms with van der Waals surface area (Å²) in [6.07, 6.45) is 0. The lowest BCUT2D eigenvalue weighted by Crippen LogP contribution is -2.36. The van der Waals surface area contributed by atoms with E-state index in [1.807, 2.05) is 18.2 Å². The maximum absolute atomic E-state index is 12.2. The van der Waals surface area contributed by atoms with Gasteiger partial charge in [-0.05, 0) is 30.3 Å². The molecule has 0 atom stereocenters. The first kappa shape index (κ1) is 17.2. The van der Waals surface area contributed by atoms with Crippen LogP contribution in [0, 0.1) is 0 Å². The molecule has 0 spiro atoms. The second-order valence-corrected chi connectivity index (χ2v) is 5.25. The van der Waals surface area contributed by atoms with E-state index in [1.165, 1.54) is 18.7 Å². The summed E-state index contributed by atoms with van der Waals surface area (Å²) in [5.41, 5.74) is 1.77. The molecule has 6 nitrogen and oxygen atoms in total. The summed E-state index contributed by atoms with van der Waals surface area (Å²) < 4.78 is 0. The summed E-state index contributed by atoms with van der Waals surface area (Å²) >= 11 is 0. The number of nitrogens with zero attached hydrogens (tertiary/aromatic N) is 1. The van der Waals surface area contributed by atoms with Gasteiger partial charge in [-0.25, -0.2) is 0 Å². The van der Waals surface area contributed by atoms with Crippen LogP contribution in [0.25, 0.3) is 0 Å². The van der Waals surface area contributed by atoms with Gasteiger partial charge in [0.15, 0.2) is 0 Å². The zero-order chi connectivity index (χ0) is 17.5. The zero-order valence-electron chi connectivity index (χ0n) is 13.6. The van der Waals surface area contributed by atoms with Gasteiger partial charge in [-0.1, -0.05) is 24.3 Å². The Morgan fingerprint density at radius 3 is 2.17 bits per heavy atom. The van der Waals surface area contributed by atoms with E-state index in [9.17, 15) is 14.4 Å². The van der Waals surface area contributed by atoms with Crippen LogP contribution in [0.1, 0.15) is 13.8 Å². The SMILES string of the molecule is CC(=O)Nc1cccc(N(CC(=O)Nc2ccccc2)C(C)=O)c1. The third-order valence-corrected chi connectivity index (χ3v) is 3.22. The lowest BCUT2D eigenvalue weighted by molar-refractivity contribution is -0.120. The molecule has 2 rings (SSSR count). The molecule has 0 aromatic heterocycles. The minimum atomic E-state index is -0.304. The number of amides is 3. The van der Waals surface area contributed by atoms with Crippen molar-refractivity contribution in [2.75, 3.05) is 22.1 Å². The Bertz CT molecular complexity index is 744. The number of rotatable bonds is 5. The monoisotopic (exact) mass is 325 g/mol. The van der Waals surface area contributed by atoms with E-state index in [0.29, 0.717) is 17.1 Å². The molecule has 0 saturated carbocycles. The predicted molar refractivity (Wildman–Crippen MR) is 93.8 cm³/mol. The van der Waals surface area contributed by atoms with Crippen molar-refractivity contribution in [1.29, 1.82) is 0 Å². The van der Waals surface area contributed by atoms with E-state index < -0.39 is 0 Å². The van der Waals surface area contributed by atoms with Gasteiger partial charge in [-0.15, -0.1) is 0 Å². The smallest absolute Gasteiger partial charge is 0.244 e. The molecule has 124 valence electrons.